The molecule has 1 N–H and O–H groups in total. The number of carbonyl (C=O) groups is 1. The molecule has 0 spiro atoms. The van der Waals surface area contributed by atoms with E-state index in [1.54, 1.807) is 0 Å². The molecule has 2 aromatic rings. The SMILES string of the molecule is O=C(C=Cc1ccc(F)c(F)c1)c1cccc(S(=O)(=O)N2CCNCC2)c1. The Hall–Kier alpha value is -2.42. The first kappa shape index (κ1) is 19.3. The van der Waals surface area contributed by atoms with E-state index in [-0.39, 0.29) is 10.5 Å². The maximum absolute atomic E-state index is 13.2. The fraction of sp³-hybridized carbons (Fsp3) is 0.211. The zero-order valence-corrected chi connectivity index (χ0v) is 15.2. The molecule has 3 rings (SSSR count). The lowest BCUT2D eigenvalue weighted by Gasteiger charge is -2.26. The molecule has 1 fully saturated rings. The van der Waals surface area contributed by atoms with Crippen molar-refractivity contribution in [1.82, 2.24) is 9.62 Å². The summed E-state index contributed by atoms with van der Waals surface area (Å²) in [6, 6.07) is 9.09. The lowest BCUT2D eigenvalue weighted by atomic mass is 10.1. The van der Waals surface area contributed by atoms with E-state index >= 15 is 0 Å². The minimum atomic E-state index is -3.67. The number of carbonyl (C=O) groups excluding carboxylic acids is 1. The lowest BCUT2D eigenvalue weighted by molar-refractivity contribution is 0.104. The predicted molar refractivity (Wildman–Crippen MR) is 97.8 cm³/mol. The zero-order valence-electron chi connectivity index (χ0n) is 14.4. The van der Waals surface area contributed by atoms with Gasteiger partial charge in [-0.2, -0.15) is 4.31 Å². The highest BCUT2D eigenvalue weighted by atomic mass is 32.2. The molecule has 1 aliphatic rings. The van der Waals surface area contributed by atoms with Crippen molar-refractivity contribution >= 4 is 21.9 Å². The third-order valence-corrected chi connectivity index (χ3v) is 6.10. The molecule has 1 aliphatic heterocycles. The number of sulfonamides is 1. The van der Waals surface area contributed by atoms with Gasteiger partial charge in [-0.1, -0.05) is 24.3 Å². The summed E-state index contributed by atoms with van der Waals surface area (Å²) >= 11 is 0. The van der Waals surface area contributed by atoms with Crippen molar-refractivity contribution in [3.63, 3.8) is 0 Å². The number of hydrogen-bond acceptors (Lipinski definition) is 4. The summed E-state index contributed by atoms with van der Waals surface area (Å²) in [6.45, 7) is 1.90. The van der Waals surface area contributed by atoms with Crippen LogP contribution >= 0.6 is 0 Å². The number of rotatable bonds is 5. The van der Waals surface area contributed by atoms with Crippen LogP contribution in [0, 0.1) is 11.6 Å². The van der Waals surface area contributed by atoms with Gasteiger partial charge >= 0.3 is 0 Å². The van der Waals surface area contributed by atoms with Crippen molar-refractivity contribution < 1.29 is 22.0 Å². The average molecular weight is 392 g/mol. The Labute approximate surface area is 156 Å². The summed E-state index contributed by atoms with van der Waals surface area (Å²) in [5, 5.41) is 3.09. The number of benzene rings is 2. The van der Waals surface area contributed by atoms with Crippen LogP contribution in [0.2, 0.25) is 0 Å². The van der Waals surface area contributed by atoms with Gasteiger partial charge in [0.05, 0.1) is 4.90 Å². The standard InChI is InChI=1S/C19H18F2N2O3S/c20-17-6-4-14(12-18(17)21)5-7-19(24)15-2-1-3-16(13-15)27(25,26)23-10-8-22-9-11-23/h1-7,12-13,22H,8-11H2. The number of allylic oxidation sites excluding steroid dienone is 1. The topological polar surface area (TPSA) is 66.5 Å². The highest BCUT2D eigenvalue weighted by Crippen LogP contribution is 2.18. The Balaban J connectivity index is 1.81. The van der Waals surface area contributed by atoms with Gasteiger partial charge in [0.15, 0.2) is 17.4 Å². The van der Waals surface area contributed by atoms with E-state index < -0.39 is 27.4 Å². The van der Waals surface area contributed by atoms with Crippen LogP contribution in [-0.4, -0.2) is 44.7 Å². The van der Waals surface area contributed by atoms with Crippen LogP contribution in [0.3, 0.4) is 0 Å². The van der Waals surface area contributed by atoms with Crippen LogP contribution in [0.25, 0.3) is 6.08 Å². The smallest absolute Gasteiger partial charge is 0.243 e. The molecular weight excluding hydrogens is 374 g/mol. The minimum Gasteiger partial charge on any atom is -0.314 e. The summed E-state index contributed by atoms with van der Waals surface area (Å²) in [5.41, 5.74) is 0.525. The van der Waals surface area contributed by atoms with Crippen LogP contribution < -0.4 is 5.32 Å². The van der Waals surface area contributed by atoms with Crippen LogP contribution in [-0.2, 0) is 10.0 Å². The van der Waals surface area contributed by atoms with Gasteiger partial charge < -0.3 is 5.32 Å². The highest BCUT2D eigenvalue weighted by molar-refractivity contribution is 7.89. The number of halogens is 2. The molecule has 0 unspecified atom stereocenters. The Morgan fingerprint density at radius 3 is 2.48 bits per heavy atom. The molecule has 142 valence electrons. The van der Waals surface area contributed by atoms with Crippen molar-refractivity contribution in [1.29, 1.82) is 0 Å². The van der Waals surface area contributed by atoms with Crippen molar-refractivity contribution in [3.8, 4) is 0 Å². The van der Waals surface area contributed by atoms with Gasteiger partial charge in [-0.3, -0.25) is 4.79 Å². The second-order valence-corrected chi connectivity index (χ2v) is 7.99. The molecule has 0 saturated carbocycles. The second-order valence-electron chi connectivity index (χ2n) is 6.05. The average Bonchev–Trinajstić information content (AvgIpc) is 2.69. The van der Waals surface area contributed by atoms with Crippen LogP contribution in [0.1, 0.15) is 15.9 Å². The fourth-order valence-corrected chi connectivity index (χ4v) is 4.22. The first-order chi connectivity index (χ1) is 12.9. The second kappa shape index (κ2) is 8.08. The molecule has 1 saturated heterocycles. The summed E-state index contributed by atoms with van der Waals surface area (Å²) in [6.07, 6.45) is 2.55. The molecule has 1 heterocycles. The summed E-state index contributed by atoms with van der Waals surface area (Å²) < 4.78 is 52.9. The molecule has 0 atom stereocenters. The Kier molecular flexibility index (Phi) is 5.79. The maximum Gasteiger partial charge on any atom is 0.243 e. The molecule has 8 heteroatoms. The molecule has 0 radical (unpaired) electrons. The quantitative estimate of drug-likeness (QED) is 0.627. The van der Waals surface area contributed by atoms with Crippen molar-refractivity contribution in [2.75, 3.05) is 26.2 Å². The van der Waals surface area contributed by atoms with Crippen molar-refractivity contribution in [2.45, 2.75) is 4.90 Å². The molecule has 0 aliphatic carbocycles. The first-order valence-electron chi connectivity index (χ1n) is 8.36. The normalized spacial score (nSPS) is 15.9. The zero-order chi connectivity index (χ0) is 19.4. The monoisotopic (exact) mass is 392 g/mol. The Morgan fingerprint density at radius 2 is 1.78 bits per heavy atom. The molecular formula is C19H18F2N2O3S. The van der Waals surface area contributed by atoms with Gasteiger partial charge in [0, 0.05) is 31.7 Å². The van der Waals surface area contributed by atoms with Crippen molar-refractivity contribution in [3.05, 3.63) is 71.3 Å². The van der Waals surface area contributed by atoms with Gasteiger partial charge in [0.1, 0.15) is 0 Å². The number of piperazine rings is 1. The number of nitrogens with one attached hydrogen (secondary N) is 1. The van der Waals surface area contributed by atoms with E-state index in [4.69, 9.17) is 0 Å². The molecule has 0 bridgehead atoms. The number of ketones is 1. The predicted octanol–water partition coefficient (Wildman–Crippen LogP) is 2.45. The fourth-order valence-electron chi connectivity index (χ4n) is 2.73. The van der Waals surface area contributed by atoms with E-state index in [0.717, 1.165) is 12.1 Å². The van der Waals surface area contributed by atoms with E-state index in [1.165, 1.54) is 46.8 Å². The lowest BCUT2D eigenvalue weighted by Crippen LogP contribution is -2.46. The van der Waals surface area contributed by atoms with E-state index in [0.29, 0.717) is 31.7 Å². The maximum atomic E-state index is 13.2. The van der Waals surface area contributed by atoms with Gasteiger partial charge in [-0.05, 0) is 35.9 Å². The number of hydrogen-bond donors (Lipinski definition) is 1. The highest BCUT2D eigenvalue weighted by Gasteiger charge is 2.26. The largest absolute Gasteiger partial charge is 0.314 e. The van der Waals surface area contributed by atoms with Crippen LogP contribution in [0.4, 0.5) is 8.78 Å². The summed E-state index contributed by atoms with van der Waals surface area (Å²) in [7, 11) is -3.67. The third kappa shape index (κ3) is 4.47. The molecule has 0 aromatic heterocycles. The third-order valence-electron chi connectivity index (χ3n) is 4.20. The molecule has 5 nitrogen and oxygen atoms in total. The van der Waals surface area contributed by atoms with Crippen LogP contribution in [0.5, 0.6) is 0 Å². The van der Waals surface area contributed by atoms with Crippen LogP contribution in [0.15, 0.2) is 53.4 Å². The van der Waals surface area contributed by atoms with E-state index in [2.05, 4.69) is 5.32 Å². The molecule has 2 aromatic carbocycles. The van der Waals surface area contributed by atoms with Gasteiger partial charge in [0.25, 0.3) is 0 Å². The van der Waals surface area contributed by atoms with Gasteiger partial charge in [-0.15, -0.1) is 0 Å². The van der Waals surface area contributed by atoms with E-state index in [1.807, 2.05) is 0 Å². The van der Waals surface area contributed by atoms with Crippen molar-refractivity contribution in [2.24, 2.45) is 0 Å². The Morgan fingerprint density at radius 1 is 1.04 bits per heavy atom. The molecule has 0 amide bonds. The number of nitrogens with zero attached hydrogens (tertiary/aromatic N) is 1. The van der Waals surface area contributed by atoms with E-state index in [9.17, 15) is 22.0 Å². The van der Waals surface area contributed by atoms with Gasteiger partial charge in [-0.25, -0.2) is 17.2 Å². The summed E-state index contributed by atoms with van der Waals surface area (Å²) in [5.74, 6) is -2.41. The Bertz CT molecular complexity index is 984. The summed E-state index contributed by atoms with van der Waals surface area (Å²) in [4.78, 5) is 12.4. The first-order valence-corrected chi connectivity index (χ1v) is 9.80. The molecule has 27 heavy (non-hydrogen) atoms. The van der Waals surface area contributed by atoms with Gasteiger partial charge in [0.2, 0.25) is 10.0 Å². The minimum absolute atomic E-state index is 0.0523.